The molecule has 0 atom stereocenters. The van der Waals surface area contributed by atoms with Crippen LogP contribution in [-0.2, 0) is 26.0 Å². The van der Waals surface area contributed by atoms with Crippen LogP contribution in [0.2, 0.25) is 0 Å². The van der Waals surface area contributed by atoms with Gasteiger partial charge in [-0.05, 0) is 18.6 Å². The molecule has 0 spiro atoms. The number of amides is 1. The molecule has 21 heavy (non-hydrogen) atoms. The third-order valence-corrected chi connectivity index (χ3v) is 4.28. The Labute approximate surface area is 127 Å². The molecule has 0 unspecified atom stereocenters. The lowest BCUT2D eigenvalue weighted by Crippen LogP contribution is -2.27. The van der Waals surface area contributed by atoms with Crippen LogP contribution in [0.25, 0.3) is 0 Å². The van der Waals surface area contributed by atoms with E-state index in [1.807, 2.05) is 0 Å². The molecule has 0 fully saturated rings. The second kappa shape index (κ2) is 7.53. The zero-order valence-corrected chi connectivity index (χ0v) is 13.7. The highest BCUT2D eigenvalue weighted by Gasteiger charge is 2.13. The van der Waals surface area contributed by atoms with Gasteiger partial charge in [0.05, 0.1) is 6.26 Å². The van der Waals surface area contributed by atoms with Crippen molar-refractivity contribution in [1.82, 2.24) is 9.62 Å². The second-order valence-electron chi connectivity index (χ2n) is 4.55. The molecular weight excluding hydrogens is 316 g/mol. The van der Waals surface area contributed by atoms with Gasteiger partial charge in [0, 0.05) is 25.5 Å². The fourth-order valence-electron chi connectivity index (χ4n) is 1.31. The second-order valence-corrected chi connectivity index (χ2v) is 7.55. The number of esters is 1. The molecule has 1 amide bonds. The standard InChI is InChI=1S/C12H18N2O5S2/c1-14(2)11(15)8-19-12(16)10-5-4-9(20-10)6-7-13-21(3,17)18/h4-5,13H,6-8H2,1-3H3. The van der Waals surface area contributed by atoms with Crippen molar-refractivity contribution >= 4 is 33.2 Å². The fourth-order valence-corrected chi connectivity index (χ4v) is 2.68. The summed E-state index contributed by atoms with van der Waals surface area (Å²) in [4.78, 5) is 25.6. The topological polar surface area (TPSA) is 92.8 Å². The number of hydrogen-bond acceptors (Lipinski definition) is 6. The molecule has 1 heterocycles. The number of sulfonamides is 1. The first kappa shape index (κ1) is 17.6. The summed E-state index contributed by atoms with van der Waals surface area (Å²) in [5.41, 5.74) is 0. The van der Waals surface area contributed by atoms with Crippen LogP contribution in [0.3, 0.4) is 0 Å². The van der Waals surface area contributed by atoms with Crippen LogP contribution in [0.1, 0.15) is 14.5 Å². The van der Waals surface area contributed by atoms with Crippen molar-refractivity contribution in [3.8, 4) is 0 Å². The molecule has 0 aromatic carbocycles. The minimum atomic E-state index is -3.21. The van der Waals surface area contributed by atoms with Crippen LogP contribution in [0.15, 0.2) is 12.1 Å². The molecule has 0 aliphatic rings. The minimum Gasteiger partial charge on any atom is -0.451 e. The molecule has 1 aromatic rings. The Kier molecular flexibility index (Phi) is 6.31. The van der Waals surface area contributed by atoms with Crippen LogP contribution in [0.4, 0.5) is 0 Å². The van der Waals surface area contributed by atoms with E-state index in [2.05, 4.69) is 4.72 Å². The van der Waals surface area contributed by atoms with Crippen LogP contribution in [-0.4, -0.2) is 58.7 Å². The summed E-state index contributed by atoms with van der Waals surface area (Å²) in [6.07, 6.45) is 1.58. The predicted octanol–water partition coefficient (Wildman–Crippen LogP) is 0.0848. The predicted molar refractivity (Wildman–Crippen MR) is 79.8 cm³/mol. The zero-order chi connectivity index (χ0) is 16.0. The van der Waals surface area contributed by atoms with Gasteiger partial charge in [0.15, 0.2) is 6.61 Å². The molecule has 0 bridgehead atoms. The highest BCUT2D eigenvalue weighted by molar-refractivity contribution is 7.88. The number of carbonyl (C=O) groups excluding carboxylic acids is 2. The summed E-state index contributed by atoms with van der Waals surface area (Å²) in [6, 6.07) is 3.34. The van der Waals surface area contributed by atoms with Crippen LogP contribution < -0.4 is 4.72 Å². The number of hydrogen-bond donors (Lipinski definition) is 1. The first-order valence-corrected chi connectivity index (χ1v) is 8.80. The van der Waals surface area contributed by atoms with Gasteiger partial charge in [-0.15, -0.1) is 11.3 Å². The maximum Gasteiger partial charge on any atom is 0.348 e. The van der Waals surface area contributed by atoms with E-state index in [1.54, 1.807) is 26.2 Å². The van der Waals surface area contributed by atoms with Crippen molar-refractivity contribution in [3.63, 3.8) is 0 Å². The van der Waals surface area contributed by atoms with Gasteiger partial charge < -0.3 is 9.64 Å². The maximum atomic E-state index is 11.7. The number of nitrogens with one attached hydrogen (secondary N) is 1. The lowest BCUT2D eigenvalue weighted by Gasteiger charge is -2.09. The lowest BCUT2D eigenvalue weighted by molar-refractivity contribution is -0.131. The molecule has 0 aliphatic carbocycles. The quantitative estimate of drug-likeness (QED) is 0.713. The number of nitrogens with zero attached hydrogens (tertiary/aromatic N) is 1. The van der Waals surface area contributed by atoms with Crippen LogP contribution in [0, 0.1) is 0 Å². The van der Waals surface area contributed by atoms with Crippen LogP contribution in [0.5, 0.6) is 0 Å². The first-order chi connectivity index (χ1) is 9.69. The normalized spacial score (nSPS) is 11.2. The largest absolute Gasteiger partial charge is 0.451 e. The Balaban J connectivity index is 2.47. The Bertz CT molecular complexity index is 607. The van der Waals surface area contributed by atoms with Gasteiger partial charge in [-0.2, -0.15) is 0 Å². The molecule has 0 saturated carbocycles. The fraction of sp³-hybridized carbons (Fsp3) is 0.500. The van der Waals surface area contributed by atoms with Gasteiger partial charge in [0.25, 0.3) is 5.91 Å². The third kappa shape index (κ3) is 6.69. The molecule has 1 N–H and O–H groups in total. The van der Waals surface area contributed by atoms with Gasteiger partial charge in [-0.3, -0.25) is 4.79 Å². The van der Waals surface area contributed by atoms with Crippen molar-refractivity contribution in [2.45, 2.75) is 6.42 Å². The average molecular weight is 334 g/mol. The van der Waals surface area contributed by atoms with Gasteiger partial charge in [-0.25, -0.2) is 17.9 Å². The number of rotatable bonds is 7. The molecular formula is C12H18N2O5S2. The van der Waals surface area contributed by atoms with Gasteiger partial charge >= 0.3 is 5.97 Å². The molecule has 9 heteroatoms. The summed E-state index contributed by atoms with van der Waals surface area (Å²) in [5.74, 6) is -0.852. The zero-order valence-electron chi connectivity index (χ0n) is 12.1. The van der Waals surface area contributed by atoms with Gasteiger partial charge in [0.1, 0.15) is 4.88 Å². The molecule has 1 rings (SSSR count). The van der Waals surface area contributed by atoms with Crippen molar-refractivity contribution in [1.29, 1.82) is 0 Å². The maximum absolute atomic E-state index is 11.7. The van der Waals surface area contributed by atoms with Gasteiger partial charge in [-0.1, -0.05) is 0 Å². The first-order valence-electron chi connectivity index (χ1n) is 6.09. The van der Waals surface area contributed by atoms with E-state index >= 15 is 0 Å². The molecule has 118 valence electrons. The minimum absolute atomic E-state index is 0.271. The Hall–Kier alpha value is -1.45. The molecule has 0 radical (unpaired) electrons. The number of carbonyl (C=O) groups is 2. The molecule has 0 saturated heterocycles. The van der Waals surface area contributed by atoms with E-state index in [1.165, 1.54) is 16.2 Å². The Morgan fingerprint density at radius 1 is 1.33 bits per heavy atom. The summed E-state index contributed by atoms with van der Waals surface area (Å²) in [5, 5.41) is 0. The Morgan fingerprint density at radius 2 is 2.00 bits per heavy atom. The number of thiophene rings is 1. The lowest BCUT2D eigenvalue weighted by atomic mass is 10.3. The monoisotopic (exact) mass is 334 g/mol. The summed E-state index contributed by atoms with van der Waals surface area (Å²) in [7, 11) is -0.0541. The van der Waals surface area contributed by atoms with Crippen molar-refractivity contribution in [3.05, 3.63) is 21.9 Å². The SMILES string of the molecule is CN(C)C(=O)COC(=O)c1ccc(CCNS(C)(=O)=O)s1. The number of ether oxygens (including phenoxy) is 1. The van der Waals surface area contributed by atoms with E-state index in [0.717, 1.165) is 11.1 Å². The highest BCUT2D eigenvalue weighted by Crippen LogP contribution is 2.17. The van der Waals surface area contributed by atoms with E-state index in [0.29, 0.717) is 11.3 Å². The molecule has 7 nitrogen and oxygen atoms in total. The van der Waals surface area contributed by atoms with E-state index in [9.17, 15) is 18.0 Å². The number of likely N-dealkylation sites (N-methyl/N-ethyl adjacent to an activating group) is 1. The summed E-state index contributed by atoms with van der Waals surface area (Å²) >= 11 is 1.22. The van der Waals surface area contributed by atoms with E-state index < -0.39 is 16.0 Å². The van der Waals surface area contributed by atoms with E-state index in [4.69, 9.17) is 4.74 Å². The highest BCUT2D eigenvalue weighted by atomic mass is 32.2. The Morgan fingerprint density at radius 3 is 2.57 bits per heavy atom. The van der Waals surface area contributed by atoms with E-state index in [-0.39, 0.29) is 19.1 Å². The van der Waals surface area contributed by atoms with Crippen molar-refractivity contribution < 1.29 is 22.7 Å². The third-order valence-electron chi connectivity index (χ3n) is 2.42. The summed E-state index contributed by atoms with van der Waals surface area (Å²) < 4.78 is 29.1. The molecule has 0 aliphatic heterocycles. The summed E-state index contributed by atoms with van der Waals surface area (Å²) in [6.45, 7) is -0.0261. The molecule has 1 aromatic heterocycles. The van der Waals surface area contributed by atoms with Crippen molar-refractivity contribution in [2.75, 3.05) is 33.5 Å². The van der Waals surface area contributed by atoms with Gasteiger partial charge in [0.2, 0.25) is 10.0 Å². The van der Waals surface area contributed by atoms with Crippen molar-refractivity contribution in [2.24, 2.45) is 0 Å². The smallest absolute Gasteiger partial charge is 0.348 e. The van der Waals surface area contributed by atoms with Crippen LogP contribution >= 0.6 is 11.3 Å². The average Bonchev–Trinajstić information content (AvgIpc) is 2.82.